The summed E-state index contributed by atoms with van der Waals surface area (Å²) in [5.41, 5.74) is 0.735. The van der Waals surface area contributed by atoms with E-state index in [2.05, 4.69) is 16.0 Å². The van der Waals surface area contributed by atoms with E-state index >= 15 is 0 Å². The number of amides is 2. The molecule has 1 aromatic rings. The molecule has 8 nitrogen and oxygen atoms in total. The Hall–Kier alpha value is -1.97. The Bertz CT molecular complexity index is 676. The van der Waals surface area contributed by atoms with Crippen LogP contribution in [0, 0.1) is 6.92 Å². The Labute approximate surface area is 122 Å². The van der Waals surface area contributed by atoms with Crippen molar-refractivity contribution in [1.29, 1.82) is 0 Å². The van der Waals surface area contributed by atoms with Crippen molar-refractivity contribution in [2.45, 2.75) is 17.9 Å². The van der Waals surface area contributed by atoms with Crippen LogP contribution in [-0.2, 0) is 19.6 Å². The fourth-order valence-electron chi connectivity index (χ4n) is 2.03. The molecular formula is C12H16N4O4S. The zero-order chi connectivity index (χ0) is 15.6. The van der Waals surface area contributed by atoms with Gasteiger partial charge in [-0.3, -0.25) is 14.9 Å². The molecule has 0 radical (unpaired) electrons. The molecule has 0 aliphatic carbocycles. The number of carbonyl (C=O) groups is 2. The quantitative estimate of drug-likeness (QED) is 0.549. The highest BCUT2D eigenvalue weighted by atomic mass is 32.2. The van der Waals surface area contributed by atoms with Gasteiger partial charge in [0.2, 0.25) is 21.8 Å². The molecule has 114 valence electrons. The first-order valence-corrected chi connectivity index (χ1v) is 7.77. The van der Waals surface area contributed by atoms with Crippen molar-refractivity contribution in [3.8, 4) is 0 Å². The lowest BCUT2D eigenvalue weighted by atomic mass is 10.1. The van der Waals surface area contributed by atoms with Crippen molar-refractivity contribution >= 4 is 27.5 Å². The number of rotatable bonds is 3. The van der Waals surface area contributed by atoms with Crippen LogP contribution in [0.1, 0.15) is 5.56 Å². The summed E-state index contributed by atoms with van der Waals surface area (Å²) in [6, 6.07) is 3.89. The van der Waals surface area contributed by atoms with Crippen LogP contribution < -0.4 is 21.1 Å². The Morgan fingerprint density at radius 3 is 2.71 bits per heavy atom. The molecular weight excluding hydrogens is 296 g/mol. The van der Waals surface area contributed by atoms with Gasteiger partial charge in [0.25, 0.3) is 0 Å². The Morgan fingerprint density at radius 1 is 1.43 bits per heavy atom. The summed E-state index contributed by atoms with van der Waals surface area (Å²) < 4.78 is 22.9. The molecule has 9 heteroatoms. The van der Waals surface area contributed by atoms with Gasteiger partial charge >= 0.3 is 0 Å². The number of benzene rings is 1. The first-order chi connectivity index (χ1) is 9.79. The van der Waals surface area contributed by atoms with Crippen LogP contribution >= 0.6 is 0 Å². The van der Waals surface area contributed by atoms with Crippen LogP contribution in [0.5, 0.6) is 0 Å². The van der Waals surface area contributed by atoms with Gasteiger partial charge < -0.3 is 10.6 Å². The van der Waals surface area contributed by atoms with Crippen LogP contribution in [0.2, 0.25) is 0 Å². The van der Waals surface area contributed by atoms with Crippen LogP contribution in [0.3, 0.4) is 0 Å². The number of hydrogen-bond acceptors (Lipinski definition) is 5. The molecule has 21 heavy (non-hydrogen) atoms. The van der Waals surface area contributed by atoms with E-state index in [1.165, 1.54) is 12.1 Å². The maximum atomic E-state index is 12.1. The molecule has 2 rings (SSSR count). The zero-order valence-electron chi connectivity index (χ0n) is 11.3. The second-order valence-electron chi connectivity index (χ2n) is 4.70. The number of primary sulfonamides is 1. The summed E-state index contributed by atoms with van der Waals surface area (Å²) in [5.74, 6) is -0.531. The van der Waals surface area contributed by atoms with Crippen molar-refractivity contribution in [3.05, 3.63) is 23.8 Å². The SMILES string of the molecule is Cc1c(NC(=O)C2CNC(=O)CN2)cccc1S(N)(=O)=O. The lowest BCUT2D eigenvalue weighted by Crippen LogP contribution is -2.56. The van der Waals surface area contributed by atoms with Gasteiger partial charge in [-0.05, 0) is 24.6 Å². The second-order valence-corrected chi connectivity index (χ2v) is 6.23. The molecule has 0 aromatic heterocycles. The number of nitrogens with one attached hydrogen (secondary N) is 3. The van der Waals surface area contributed by atoms with Crippen molar-refractivity contribution < 1.29 is 18.0 Å². The van der Waals surface area contributed by atoms with Crippen molar-refractivity contribution in [1.82, 2.24) is 10.6 Å². The topological polar surface area (TPSA) is 130 Å². The molecule has 0 spiro atoms. The van der Waals surface area contributed by atoms with Gasteiger partial charge in [0, 0.05) is 12.2 Å². The lowest BCUT2D eigenvalue weighted by molar-refractivity contribution is -0.124. The van der Waals surface area contributed by atoms with E-state index < -0.39 is 16.1 Å². The normalized spacial score (nSPS) is 19.0. The van der Waals surface area contributed by atoms with Gasteiger partial charge in [0.1, 0.15) is 6.04 Å². The smallest absolute Gasteiger partial charge is 0.243 e. The Kier molecular flexibility index (Phi) is 4.26. The number of anilines is 1. The third-order valence-electron chi connectivity index (χ3n) is 3.18. The summed E-state index contributed by atoms with van der Waals surface area (Å²) in [6.45, 7) is 1.80. The molecule has 1 aliphatic rings. The van der Waals surface area contributed by atoms with Crippen LogP contribution in [-0.4, -0.2) is 39.4 Å². The standard InChI is InChI=1S/C12H16N4O4S/c1-7-8(3-2-4-10(7)21(13,19)20)16-12(18)9-5-15-11(17)6-14-9/h2-4,9,14H,5-6H2,1H3,(H,15,17)(H,16,18)(H2,13,19,20). The maximum Gasteiger partial charge on any atom is 0.243 e. The summed E-state index contributed by atoms with van der Waals surface area (Å²) in [6.07, 6.45) is 0. The summed E-state index contributed by atoms with van der Waals surface area (Å²) >= 11 is 0. The summed E-state index contributed by atoms with van der Waals surface area (Å²) in [7, 11) is -3.85. The van der Waals surface area contributed by atoms with E-state index in [4.69, 9.17) is 5.14 Å². The number of nitrogens with two attached hydrogens (primary N) is 1. The van der Waals surface area contributed by atoms with Gasteiger partial charge in [0.15, 0.2) is 0 Å². The van der Waals surface area contributed by atoms with Gasteiger partial charge in [-0.2, -0.15) is 0 Å². The predicted molar refractivity (Wildman–Crippen MR) is 76.0 cm³/mol. The van der Waals surface area contributed by atoms with Crippen molar-refractivity contribution in [2.75, 3.05) is 18.4 Å². The number of piperazine rings is 1. The van der Waals surface area contributed by atoms with Crippen LogP contribution in [0.25, 0.3) is 0 Å². The number of hydrogen-bond donors (Lipinski definition) is 4. The highest BCUT2D eigenvalue weighted by Gasteiger charge is 2.24. The first-order valence-electron chi connectivity index (χ1n) is 6.22. The minimum Gasteiger partial charge on any atom is -0.353 e. The Morgan fingerprint density at radius 2 is 2.14 bits per heavy atom. The first kappa shape index (κ1) is 15.4. The fraction of sp³-hybridized carbons (Fsp3) is 0.333. The van der Waals surface area contributed by atoms with Crippen molar-refractivity contribution in [3.63, 3.8) is 0 Å². The Balaban J connectivity index is 2.17. The fourth-order valence-corrected chi connectivity index (χ4v) is 2.83. The average molecular weight is 312 g/mol. The molecule has 1 atom stereocenters. The molecule has 1 aliphatic heterocycles. The molecule has 1 heterocycles. The molecule has 1 saturated heterocycles. The highest BCUT2D eigenvalue weighted by Crippen LogP contribution is 2.22. The predicted octanol–water partition coefficient (Wildman–Crippen LogP) is -1.33. The minimum atomic E-state index is -3.85. The summed E-state index contributed by atoms with van der Waals surface area (Å²) in [5, 5.41) is 13.1. The summed E-state index contributed by atoms with van der Waals surface area (Å²) in [4.78, 5) is 23.1. The van der Waals surface area contributed by atoms with Gasteiger partial charge in [-0.15, -0.1) is 0 Å². The maximum absolute atomic E-state index is 12.1. The van der Waals surface area contributed by atoms with E-state index in [1.54, 1.807) is 13.0 Å². The molecule has 1 fully saturated rings. The molecule has 0 saturated carbocycles. The zero-order valence-corrected chi connectivity index (χ0v) is 12.2. The third-order valence-corrected chi connectivity index (χ3v) is 4.23. The van der Waals surface area contributed by atoms with Gasteiger partial charge in [0.05, 0.1) is 11.4 Å². The van der Waals surface area contributed by atoms with Gasteiger partial charge in [-0.1, -0.05) is 6.07 Å². The molecule has 2 amide bonds. The molecule has 0 bridgehead atoms. The highest BCUT2D eigenvalue weighted by molar-refractivity contribution is 7.89. The van der Waals surface area contributed by atoms with E-state index in [9.17, 15) is 18.0 Å². The minimum absolute atomic E-state index is 0.0368. The van der Waals surface area contributed by atoms with Gasteiger partial charge in [-0.25, -0.2) is 13.6 Å². The van der Waals surface area contributed by atoms with E-state index in [0.717, 1.165) is 0 Å². The average Bonchev–Trinajstić information content (AvgIpc) is 2.40. The third kappa shape index (κ3) is 3.57. The number of sulfonamides is 1. The van der Waals surface area contributed by atoms with Crippen LogP contribution in [0.4, 0.5) is 5.69 Å². The molecule has 1 unspecified atom stereocenters. The van der Waals surface area contributed by atoms with E-state index in [-0.39, 0.29) is 29.8 Å². The van der Waals surface area contributed by atoms with Crippen molar-refractivity contribution in [2.24, 2.45) is 5.14 Å². The second kappa shape index (κ2) is 5.80. The van der Waals surface area contributed by atoms with Crippen LogP contribution in [0.15, 0.2) is 23.1 Å². The molecule has 1 aromatic carbocycles. The number of carbonyl (C=O) groups excluding carboxylic acids is 2. The largest absolute Gasteiger partial charge is 0.353 e. The van der Waals surface area contributed by atoms with E-state index in [0.29, 0.717) is 11.3 Å². The van der Waals surface area contributed by atoms with E-state index in [1.807, 2.05) is 0 Å². The molecule has 5 N–H and O–H groups in total. The lowest BCUT2D eigenvalue weighted by Gasteiger charge is -2.23. The monoisotopic (exact) mass is 312 g/mol.